The quantitative estimate of drug-likeness (QED) is 0.339. The molecule has 0 aromatic heterocycles. The van der Waals surface area contributed by atoms with Crippen molar-refractivity contribution in [3.8, 4) is 0 Å². The van der Waals surface area contributed by atoms with Crippen molar-refractivity contribution in [3.05, 3.63) is 84.6 Å². The Morgan fingerprint density at radius 2 is 0.871 bits per heavy atom. The Morgan fingerprint density at radius 3 is 1.06 bits per heavy atom. The first-order valence-corrected chi connectivity index (χ1v) is 9.28. The number of carbonyl (C=O) groups is 4. The van der Waals surface area contributed by atoms with Gasteiger partial charge in [0.25, 0.3) is 0 Å². The van der Waals surface area contributed by atoms with Crippen molar-refractivity contribution in [2.24, 2.45) is 0 Å². The summed E-state index contributed by atoms with van der Waals surface area (Å²) in [5, 5.41) is 17.9. The molecule has 164 valence electrons. The Kier molecular flexibility index (Phi) is 24.0. The SMILES string of the molecule is CC(=O)[CH-]C(=O)c1ccccc1.CC(=O)[CH-]C(=O)c1ccccc1.CC[O-].CC[O-].[Zr+4]. The molecule has 0 aliphatic carbocycles. The smallest absolute Gasteiger partial charge is 0.855 e. The van der Waals surface area contributed by atoms with Crippen LogP contribution >= 0.6 is 0 Å². The van der Waals surface area contributed by atoms with Gasteiger partial charge in [-0.25, -0.2) is 0 Å². The molecule has 6 nitrogen and oxygen atoms in total. The fourth-order valence-electron chi connectivity index (χ4n) is 1.74. The Bertz CT molecular complexity index is 680. The second-order valence-electron chi connectivity index (χ2n) is 5.55. The van der Waals surface area contributed by atoms with Crippen molar-refractivity contribution in [3.63, 3.8) is 0 Å². The molecule has 0 bridgehead atoms. The Labute approximate surface area is 203 Å². The topological polar surface area (TPSA) is 114 Å². The van der Waals surface area contributed by atoms with Crippen molar-refractivity contribution in [2.45, 2.75) is 27.7 Å². The standard InChI is InChI=1S/2C10H9O2.2C2H5O.Zr/c2*1-8(11)7-10(12)9-5-3-2-4-6-9;2*1-2-3;/h2*2-7H,1H3;2*2H2,1H3;/q4*-1;+4. The van der Waals surface area contributed by atoms with Crippen LogP contribution in [0.25, 0.3) is 0 Å². The van der Waals surface area contributed by atoms with Gasteiger partial charge in [0, 0.05) is 11.6 Å². The molecule has 0 radical (unpaired) electrons. The van der Waals surface area contributed by atoms with E-state index < -0.39 is 0 Å². The van der Waals surface area contributed by atoms with Gasteiger partial charge in [-0.2, -0.15) is 0 Å². The fourth-order valence-corrected chi connectivity index (χ4v) is 1.74. The summed E-state index contributed by atoms with van der Waals surface area (Å²) >= 11 is 0. The monoisotopic (exact) mass is 502 g/mol. The van der Waals surface area contributed by atoms with Gasteiger partial charge in [0.15, 0.2) is 0 Å². The van der Waals surface area contributed by atoms with E-state index in [0.29, 0.717) is 11.1 Å². The minimum atomic E-state index is -0.233. The number of Topliss-reactive ketones (excluding diaryl/α,β-unsaturated/α-hetero) is 4. The van der Waals surface area contributed by atoms with Gasteiger partial charge < -0.3 is 29.4 Å². The Balaban J connectivity index is -0.000000394. The van der Waals surface area contributed by atoms with E-state index in [-0.39, 0.29) is 62.6 Å². The zero-order chi connectivity index (χ0) is 23.4. The maximum Gasteiger partial charge on any atom is 4.00 e. The number of benzene rings is 2. The first-order valence-electron chi connectivity index (χ1n) is 9.28. The molecular formula is C24H28O6Zr. The van der Waals surface area contributed by atoms with Crippen LogP contribution < -0.4 is 10.2 Å². The largest absolute Gasteiger partial charge is 4.00 e. The van der Waals surface area contributed by atoms with Crippen LogP contribution in [0.4, 0.5) is 0 Å². The van der Waals surface area contributed by atoms with Crippen LogP contribution in [0.1, 0.15) is 48.4 Å². The molecule has 0 N–H and O–H groups in total. The molecule has 0 saturated heterocycles. The molecule has 0 amide bonds. The summed E-state index contributed by atoms with van der Waals surface area (Å²) in [4.78, 5) is 43.5. The summed E-state index contributed by atoms with van der Waals surface area (Å²) in [6.45, 7) is 5.86. The number of hydrogen-bond donors (Lipinski definition) is 0. The number of ketones is 4. The summed E-state index contributed by atoms with van der Waals surface area (Å²) in [5.41, 5.74) is 1.10. The maximum absolute atomic E-state index is 11.2. The molecular weight excluding hydrogens is 475 g/mol. The second-order valence-corrected chi connectivity index (χ2v) is 5.55. The van der Waals surface area contributed by atoms with Gasteiger partial charge in [0.2, 0.25) is 0 Å². The van der Waals surface area contributed by atoms with Gasteiger partial charge in [-0.3, -0.25) is 0 Å². The molecule has 0 saturated carbocycles. The third-order valence-electron chi connectivity index (χ3n) is 2.79. The van der Waals surface area contributed by atoms with E-state index in [2.05, 4.69) is 0 Å². The third kappa shape index (κ3) is 20.7. The van der Waals surface area contributed by atoms with Gasteiger partial charge in [0.05, 0.1) is 11.6 Å². The molecule has 0 unspecified atom stereocenters. The average molecular weight is 504 g/mol. The summed E-state index contributed by atoms with van der Waals surface area (Å²) in [6.07, 6.45) is 2.19. The van der Waals surface area contributed by atoms with Gasteiger partial charge in [-0.1, -0.05) is 50.2 Å². The molecule has 0 heterocycles. The van der Waals surface area contributed by atoms with Crippen molar-refractivity contribution < 1.29 is 55.6 Å². The van der Waals surface area contributed by atoms with Gasteiger partial charge in [-0.15, -0.1) is 61.4 Å². The summed E-state index contributed by atoms with van der Waals surface area (Å²) in [7, 11) is 0. The van der Waals surface area contributed by atoms with E-state index in [1.165, 1.54) is 13.8 Å². The molecule has 0 aliphatic rings. The Hall–Kier alpha value is -2.34. The number of rotatable bonds is 6. The van der Waals surface area contributed by atoms with Crippen LogP contribution in [0.2, 0.25) is 0 Å². The van der Waals surface area contributed by atoms with Crippen LogP contribution in [-0.2, 0) is 35.8 Å². The average Bonchev–Trinajstić information content (AvgIpc) is 2.70. The molecule has 0 aliphatic heterocycles. The van der Waals surface area contributed by atoms with E-state index in [4.69, 9.17) is 10.2 Å². The summed E-state index contributed by atoms with van der Waals surface area (Å²) in [6, 6.07) is 17.4. The minimum Gasteiger partial charge on any atom is -0.855 e. The number of carbonyl (C=O) groups excluding carboxylic acids is 4. The van der Waals surface area contributed by atoms with E-state index in [9.17, 15) is 19.2 Å². The minimum absolute atomic E-state index is 0. The summed E-state index contributed by atoms with van der Waals surface area (Å²) < 4.78 is 0. The van der Waals surface area contributed by atoms with E-state index in [0.717, 1.165) is 12.8 Å². The van der Waals surface area contributed by atoms with Gasteiger partial charge in [0.1, 0.15) is 0 Å². The van der Waals surface area contributed by atoms with Crippen LogP contribution in [-0.4, -0.2) is 36.3 Å². The molecule has 2 aromatic carbocycles. The predicted molar refractivity (Wildman–Crippen MR) is 113 cm³/mol. The Morgan fingerprint density at radius 1 is 0.645 bits per heavy atom. The zero-order valence-corrected chi connectivity index (χ0v) is 20.7. The molecule has 2 aromatic rings. The van der Waals surface area contributed by atoms with Gasteiger partial charge >= 0.3 is 26.2 Å². The molecule has 0 spiro atoms. The number of hydrogen-bond acceptors (Lipinski definition) is 6. The molecule has 0 atom stereocenters. The van der Waals surface area contributed by atoms with Crippen LogP contribution in [0.15, 0.2) is 60.7 Å². The molecule has 2 rings (SSSR count). The van der Waals surface area contributed by atoms with Crippen molar-refractivity contribution in [1.29, 1.82) is 0 Å². The first-order chi connectivity index (χ1) is 14.2. The van der Waals surface area contributed by atoms with E-state index in [1.54, 1.807) is 62.4 Å². The van der Waals surface area contributed by atoms with E-state index in [1.807, 2.05) is 12.1 Å². The fraction of sp³-hybridized carbons (Fsp3) is 0.250. The van der Waals surface area contributed by atoms with Crippen molar-refractivity contribution in [1.82, 2.24) is 0 Å². The first kappa shape index (κ1) is 33.3. The zero-order valence-electron chi connectivity index (χ0n) is 18.3. The maximum atomic E-state index is 11.2. The van der Waals surface area contributed by atoms with E-state index >= 15 is 0 Å². The normalized spacial score (nSPS) is 8.19. The van der Waals surface area contributed by atoms with Crippen LogP contribution in [0.5, 0.6) is 0 Å². The van der Waals surface area contributed by atoms with Gasteiger partial charge in [-0.05, 0) is 13.8 Å². The van der Waals surface area contributed by atoms with Crippen molar-refractivity contribution in [2.75, 3.05) is 13.2 Å². The van der Waals surface area contributed by atoms with Crippen LogP contribution in [0, 0.1) is 12.8 Å². The summed E-state index contributed by atoms with van der Waals surface area (Å²) in [5.74, 6) is -0.904. The van der Waals surface area contributed by atoms with Crippen LogP contribution in [0.3, 0.4) is 0 Å². The predicted octanol–water partition coefficient (Wildman–Crippen LogP) is 2.06. The second kappa shape index (κ2) is 22.4. The third-order valence-corrected chi connectivity index (χ3v) is 2.79. The molecule has 7 heteroatoms. The van der Waals surface area contributed by atoms with Crippen molar-refractivity contribution >= 4 is 23.1 Å². The molecule has 31 heavy (non-hydrogen) atoms. The molecule has 0 fully saturated rings.